The molecule has 1 atom stereocenters. The van der Waals surface area contributed by atoms with Crippen LogP contribution in [0.3, 0.4) is 0 Å². The molecule has 0 amide bonds. The molecule has 30 heavy (non-hydrogen) atoms. The van der Waals surface area contributed by atoms with Gasteiger partial charge in [-0.15, -0.1) is 0 Å². The number of nitrogens with one attached hydrogen (secondary N) is 1. The molecule has 0 aliphatic carbocycles. The molecule has 3 rings (SSSR count). The summed E-state index contributed by atoms with van der Waals surface area (Å²) < 4.78 is 30.3. The zero-order valence-electron chi connectivity index (χ0n) is 16.2. The van der Waals surface area contributed by atoms with Crippen LogP contribution in [0.2, 0.25) is 5.15 Å². The van der Waals surface area contributed by atoms with E-state index in [1.165, 1.54) is 6.92 Å². The van der Waals surface area contributed by atoms with E-state index in [4.69, 9.17) is 21.6 Å². The molecule has 0 radical (unpaired) electrons. The first-order chi connectivity index (χ1) is 14.4. The maximum Gasteiger partial charge on any atom is 0.274 e. The Kier molecular flexibility index (Phi) is 6.99. The number of hydrogen-bond acceptors (Lipinski definition) is 7. The summed E-state index contributed by atoms with van der Waals surface area (Å²) in [6.45, 7) is 3.14. The van der Waals surface area contributed by atoms with Gasteiger partial charge in [-0.2, -0.15) is 10.5 Å². The van der Waals surface area contributed by atoms with Crippen molar-refractivity contribution >= 4 is 17.4 Å². The fraction of sp³-hybridized carbons (Fsp3) is 0.400. The third kappa shape index (κ3) is 4.93. The molecular formula is C20H19ClF2N6O. The molecule has 1 aliphatic heterocycles. The molecule has 2 aromatic heterocycles. The van der Waals surface area contributed by atoms with Crippen molar-refractivity contribution in [2.45, 2.75) is 39.0 Å². The van der Waals surface area contributed by atoms with E-state index in [-0.39, 0.29) is 17.6 Å². The van der Waals surface area contributed by atoms with Gasteiger partial charge in [0.25, 0.3) is 6.43 Å². The average Bonchev–Trinajstić information content (AvgIpc) is 2.73. The van der Waals surface area contributed by atoms with Gasteiger partial charge >= 0.3 is 0 Å². The summed E-state index contributed by atoms with van der Waals surface area (Å²) in [5.41, 5.74) is 2.91. The van der Waals surface area contributed by atoms with Gasteiger partial charge in [0.05, 0.1) is 11.6 Å². The van der Waals surface area contributed by atoms with Crippen molar-refractivity contribution < 1.29 is 13.5 Å². The van der Waals surface area contributed by atoms with Crippen molar-refractivity contribution in [3.05, 3.63) is 45.7 Å². The zero-order valence-corrected chi connectivity index (χ0v) is 17.0. The summed E-state index contributed by atoms with van der Waals surface area (Å²) in [6, 6.07) is 7.47. The lowest BCUT2D eigenvalue weighted by Gasteiger charge is -2.30. The summed E-state index contributed by atoms with van der Waals surface area (Å²) in [5.74, 6) is 0.680. The third-order valence-electron chi connectivity index (χ3n) is 4.74. The topological polar surface area (TPSA) is 97.9 Å². The Bertz CT molecular complexity index is 987. The van der Waals surface area contributed by atoms with Gasteiger partial charge in [0.15, 0.2) is 6.10 Å². The van der Waals surface area contributed by atoms with E-state index in [1.54, 1.807) is 18.3 Å². The summed E-state index contributed by atoms with van der Waals surface area (Å²) in [7, 11) is 0. The molecule has 0 fully saturated rings. The number of hydrogen-bond donors (Lipinski definition) is 1. The Morgan fingerprint density at radius 2 is 2.13 bits per heavy atom. The lowest BCUT2D eigenvalue weighted by molar-refractivity contribution is 0.0201. The quantitative estimate of drug-likeness (QED) is 0.528. The predicted molar refractivity (Wildman–Crippen MR) is 106 cm³/mol. The Morgan fingerprint density at radius 3 is 2.77 bits per heavy atom. The zero-order chi connectivity index (χ0) is 21.7. The Labute approximate surface area is 177 Å². The maximum absolute atomic E-state index is 12.6. The third-order valence-corrected chi connectivity index (χ3v) is 5.01. The van der Waals surface area contributed by atoms with Gasteiger partial charge in [-0.25, -0.2) is 18.7 Å². The molecule has 0 saturated carbocycles. The standard InChI is InChI=1S/C20H19ClF2N6O/c1-12(19(22)23)30-17-3-2-13(9-27-17)10-29-7-4-14-16(11-29)15(8-25)18(21)28-20(14)26-6-5-24/h2-3,9,12,19H,4,6-7,10-11H2,1H3,(H,26,28). The van der Waals surface area contributed by atoms with Gasteiger partial charge in [-0.3, -0.25) is 4.90 Å². The molecule has 1 aliphatic rings. The Balaban J connectivity index is 1.74. The number of rotatable bonds is 7. The summed E-state index contributed by atoms with van der Waals surface area (Å²) in [6.07, 6.45) is -1.58. The van der Waals surface area contributed by atoms with Gasteiger partial charge in [0.1, 0.15) is 23.6 Å². The average molecular weight is 433 g/mol. The van der Waals surface area contributed by atoms with E-state index < -0.39 is 12.5 Å². The van der Waals surface area contributed by atoms with Crippen LogP contribution in [0.5, 0.6) is 5.88 Å². The summed E-state index contributed by atoms with van der Waals surface area (Å²) >= 11 is 6.18. The second-order valence-electron chi connectivity index (χ2n) is 6.83. The highest BCUT2D eigenvalue weighted by Gasteiger charge is 2.25. The highest BCUT2D eigenvalue weighted by Crippen LogP contribution is 2.32. The predicted octanol–water partition coefficient (Wildman–Crippen LogP) is 3.53. The minimum Gasteiger partial charge on any atom is -0.469 e. The molecule has 0 aromatic carbocycles. The van der Waals surface area contributed by atoms with Gasteiger partial charge in [-0.05, 0) is 24.5 Å². The van der Waals surface area contributed by atoms with Crippen molar-refractivity contribution in [3.8, 4) is 18.0 Å². The fourth-order valence-corrected chi connectivity index (χ4v) is 3.49. The first kappa shape index (κ1) is 21.7. The highest BCUT2D eigenvalue weighted by molar-refractivity contribution is 6.30. The SMILES string of the molecule is CC(Oc1ccc(CN2CCc3c(NCC#N)nc(Cl)c(C#N)c3C2)cn1)C(F)F. The minimum absolute atomic E-state index is 0.0929. The molecular weight excluding hydrogens is 414 g/mol. The van der Waals surface area contributed by atoms with Crippen molar-refractivity contribution in [2.75, 3.05) is 18.4 Å². The molecule has 2 aromatic rings. The fourth-order valence-electron chi connectivity index (χ4n) is 3.25. The van der Waals surface area contributed by atoms with Crippen LogP contribution in [-0.4, -0.2) is 40.5 Å². The smallest absolute Gasteiger partial charge is 0.274 e. The van der Waals surface area contributed by atoms with E-state index in [9.17, 15) is 14.0 Å². The number of fused-ring (bicyclic) bond motifs is 1. The van der Waals surface area contributed by atoms with Crippen molar-refractivity contribution in [3.63, 3.8) is 0 Å². The van der Waals surface area contributed by atoms with Gasteiger partial charge in [0, 0.05) is 37.5 Å². The monoisotopic (exact) mass is 432 g/mol. The van der Waals surface area contributed by atoms with Crippen LogP contribution < -0.4 is 10.1 Å². The van der Waals surface area contributed by atoms with Crippen LogP contribution in [0.1, 0.15) is 29.2 Å². The van der Waals surface area contributed by atoms with Crippen molar-refractivity contribution in [2.24, 2.45) is 0 Å². The number of nitrogens with zero attached hydrogens (tertiary/aromatic N) is 5. The van der Waals surface area contributed by atoms with E-state index in [2.05, 4.69) is 26.3 Å². The molecule has 3 heterocycles. The Morgan fingerprint density at radius 1 is 1.33 bits per heavy atom. The van der Waals surface area contributed by atoms with Crippen LogP contribution in [0.4, 0.5) is 14.6 Å². The van der Waals surface area contributed by atoms with Crippen LogP contribution in [0.15, 0.2) is 18.3 Å². The van der Waals surface area contributed by atoms with Crippen molar-refractivity contribution in [1.29, 1.82) is 10.5 Å². The van der Waals surface area contributed by atoms with E-state index in [1.807, 2.05) is 6.07 Å². The van der Waals surface area contributed by atoms with Gasteiger partial charge < -0.3 is 10.1 Å². The molecule has 7 nitrogen and oxygen atoms in total. The summed E-state index contributed by atoms with van der Waals surface area (Å²) in [5, 5.41) is 21.4. The van der Waals surface area contributed by atoms with E-state index >= 15 is 0 Å². The molecule has 156 valence electrons. The molecule has 1 N–H and O–H groups in total. The van der Waals surface area contributed by atoms with Crippen LogP contribution in [0.25, 0.3) is 0 Å². The van der Waals surface area contributed by atoms with Gasteiger partial charge in [-0.1, -0.05) is 17.7 Å². The molecule has 0 saturated heterocycles. The van der Waals surface area contributed by atoms with Crippen molar-refractivity contribution in [1.82, 2.24) is 14.9 Å². The second kappa shape index (κ2) is 9.66. The number of ether oxygens (including phenoxy) is 1. The minimum atomic E-state index is -2.58. The Hall–Kier alpha value is -3.01. The van der Waals surface area contributed by atoms with E-state index in [0.29, 0.717) is 37.4 Å². The summed E-state index contributed by atoms with van der Waals surface area (Å²) in [4.78, 5) is 10.5. The molecule has 10 heteroatoms. The largest absolute Gasteiger partial charge is 0.469 e. The first-order valence-corrected chi connectivity index (χ1v) is 9.65. The molecule has 0 spiro atoms. The number of pyridine rings is 2. The lowest BCUT2D eigenvalue weighted by atomic mass is 9.96. The van der Waals surface area contributed by atoms with E-state index in [0.717, 1.165) is 16.7 Å². The maximum atomic E-state index is 12.6. The lowest BCUT2D eigenvalue weighted by Crippen LogP contribution is -2.31. The first-order valence-electron chi connectivity index (χ1n) is 9.27. The number of alkyl halides is 2. The number of aromatic nitrogens is 2. The number of nitriles is 2. The second-order valence-corrected chi connectivity index (χ2v) is 7.19. The number of halogens is 3. The van der Waals surface area contributed by atoms with Gasteiger partial charge in [0.2, 0.25) is 5.88 Å². The van der Waals surface area contributed by atoms with Crippen LogP contribution in [-0.2, 0) is 19.5 Å². The highest BCUT2D eigenvalue weighted by atomic mass is 35.5. The number of anilines is 1. The molecule has 0 bridgehead atoms. The van der Waals surface area contributed by atoms with Crippen LogP contribution >= 0.6 is 11.6 Å². The van der Waals surface area contributed by atoms with Crippen LogP contribution in [0, 0.1) is 22.7 Å². The molecule has 1 unspecified atom stereocenters. The normalized spacial score (nSPS) is 14.5.